The lowest BCUT2D eigenvalue weighted by atomic mass is 10.1. The van der Waals surface area contributed by atoms with Gasteiger partial charge in [0, 0.05) is 6.42 Å². The van der Waals surface area contributed by atoms with Gasteiger partial charge in [-0.1, -0.05) is 18.7 Å². The van der Waals surface area contributed by atoms with Crippen molar-refractivity contribution >= 4 is 5.76 Å². The van der Waals surface area contributed by atoms with Gasteiger partial charge in [-0.15, -0.1) is 10.2 Å². The summed E-state index contributed by atoms with van der Waals surface area (Å²) in [5.41, 5.74) is 0.678. The standard InChI is InChI=1S/C13H11F2N3O2/c1-7(19)11-12(17-18-16-11)20-9-4-2-8(3-5-9)10-6-13(10,14)15/h2-5,10,19H,1,6H2,(H,16,17,18). The number of rotatable bonds is 4. The van der Waals surface area contributed by atoms with Crippen LogP contribution in [0.5, 0.6) is 11.6 Å². The number of nitrogens with zero attached hydrogens (tertiary/aromatic N) is 2. The van der Waals surface area contributed by atoms with Gasteiger partial charge in [-0.05, 0) is 17.7 Å². The summed E-state index contributed by atoms with van der Waals surface area (Å²) < 4.78 is 31.3. The van der Waals surface area contributed by atoms with Crippen molar-refractivity contribution in [1.29, 1.82) is 0 Å². The summed E-state index contributed by atoms with van der Waals surface area (Å²) in [7, 11) is 0. The summed E-state index contributed by atoms with van der Waals surface area (Å²) in [5.74, 6) is -3.08. The predicted molar refractivity (Wildman–Crippen MR) is 66.9 cm³/mol. The minimum atomic E-state index is -2.59. The Balaban J connectivity index is 1.75. The van der Waals surface area contributed by atoms with Crippen molar-refractivity contribution in [3.05, 3.63) is 42.1 Å². The Hall–Kier alpha value is -2.44. The molecule has 1 saturated carbocycles. The molecule has 0 bridgehead atoms. The highest BCUT2D eigenvalue weighted by Gasteiger charge is 2.57. The van der Waals surface area contributed by atoms with Gasteiger partial charge in [0.2, 0.25) is 0 Å². The quantitative estimate of drug-likeness (QED) is 0.843. The SMILES string of the molecule is C=C(O)c1n[nH]nc1Oc1ccc(C2CC2(F)F)cc1. The Kier molecular flexibility index (Phi) is 2.70. The van der Waals surface area contributed by atoms with Gasteiger partial charge >= 0.3 is 0 Å². The zero-order valence-corrected chi connectivity index (χ0v) is 10.3. The molecule has 5 nitrogen and oxygen atoms in total. The molecule has 1 fully saturated rings. The van der Waals surface area contributed by atoms with Gasteiger partial charge in [0.1, 0.15) is 11.5 Å². The number of aliphatic hydroxyl groups is 1. The minimum Gasteiger partial charge on any atom is -0.506 e. The number of aromatic amines is 1. The zero-order chi connectivity index (χ0) is 14.3. The molecule has 0 radical (unpaired) electrons. The average Bonchev–Trinajstić information content (AvgIpc) is 2.84. The third-order valence-electron chi connectivity index (χ3n) is 3.11. The molecule has 1 aliphatic rings. The monoisotopic (exact) mass is 279 g/mol. The lowest BCUT2D eigenvalue weighted by molar-refractivity contribution is 0.112. The maximum atomic E-state index is 12.9. The smallest absolute Gasteiger partial charge is 0.270 e. The van der Waals surface area contributed by atoms with Crippen LogP contribution in [0.4, 0.5) is 8.78 Å². The van der Waals surface area contributed by atoms with E-state index in [1.54, 1.807) is 24.3 Å². The normalized spacial score (nSPS) is 19.6. The molecule has 1 aliphatic carbocycles. The summed E-state index contributed by atoms with van der Waals surface area (Å²) >= 11 is 0. The van der Waals surface area contributed by atoms with Crippen LogP contribution >= 0.6 is 0 Å². The molecule has 2 aromatic rings. The molecule has 0 aliphatic heterocycles. The highest BCUT2D eigenvalue weighted by atomic mass is 19.3. The second-order valence-electron chi connectivity index (χ2n) is 4.61. The van der Waals surface area contributed by atoms with E-state index in [9.17, 15) is 13.9 Å². The van der Waals surface area contributed by atoms with Crippen LogP contribution in [0.1, 0.15) is 23.6 Å². The molecule has 0 amide bonds. The van der Waals surface area contributed by atoms with Crippen LogP contribution in [0, 0.1) is 0 Å². The fourth-order valence-corrected chi connectivity index (χ4v) is 1.94. The number of aromatic nitrogens is 3. The van der Waals surface area contributed by atoms with E-state index in [0.29, 0.717) is 11.3 Å². The van der Waals surface area contributed by atoms with Crippen molar-refractivity contribution in [1.82, 2.24) is 15.4 Å². The first kappa shape index (κ1) is 12.6. The van der Waals surface area contributed by atoms with Crippen LogP contribution in [0.2, 0.25) is 0 Å². The van der Waals surface area contributed by atoms with Crippen molar-refractivity contribution in [2.45, 2.75) is 18.3 Å². The summed E-state index contributed by atoms with van der Waals surface area (Å²) in [6.45, 7) is 3.33. The van der Waals surface area contributed by atoms with Gasteiger partial charge in [0.05, 0.1) is 5.92 Å². The predicted octanol–water partition coefficient (Wildman–Crippen LogP) is 3.25. The van der Waals surface area contributed by atoms with Crippen molar-refractivity contribution in [3.8, 4) is 11.6 Å². The third-order valence-corrected chi connectivity index (χ3v) is 3.11. The van der Waals surface area contributed by atoms with Crippen LogP contribution in [-0.4, -0.2) is 26.4 Å². The molecule has 1 heterocycles. The number of ether oxygens (including phenoxy) is 1. The van der Waals surface area contributed by atoms with Crippen molar-refractivity contribution in [3.63, 3.8) is 0 Å². The van der Waals surface area contributed by atoms with E-state index in [4.69, 9.17) is 4.74 Å². The Bertz CT molecular complexity index is 652. The van der Waals surface area contributed by atoms with Crippen molar-refractivity contribution in [2.75, 3.05) is 0 Å². The highest BCUT2D eigenvalue weighted by molar-refractivity contribution is 5.56. The van der Waals surface area contributed by atoms with Crippen LogP contribution in [-0.2, 0) is 0 Å². The Labute approximate surface area is 112 Å². The second kappa shape index (κ2) is 4.29. The van der Waals surface area contributed by atoms with Gasteiger partial charge in [0.25, 0.3) is 11.8 Å². The first-order valence-electron chi connectivity index (χ1n) is 5.92. The fraction of sp³-hybridized carbons (Fsp3) is 0.231. The molecule has 1 aromatic heterocycles. The van der Waals surface area contributed by atoms with Gasteiger partial charge in [-0.3, -0.25) is 0 Å². The van der Waals surface area contributed by atoms with E-state index in [-0.39, 0.29) is 23.8 Å². The fourth-order valence-electron chi connectivity index (χ4n) is 1.94. The molecule has 1 atom stereocenters. The molecule has 1 unspecified atom stereocenters. The molecule has 20 heavy (non-hydrogen) atoms. The summed E-state index contributed by atoms with van der Waals surface area (Å²) in [5, 5.41) is 19.0. The van der Waals surface area contributed by atoms with Crippen molar-refractivity contribution < 1.29 is 18.6 Å². The molecule has 0 saturated heterocycles. The topological polar surface area (TPSA) is 71.0 Å². The van der Waals surface area contributed by atoms with Gasteiger partial charge in [-0.25, -0.2) is 8.78 Å². The molecule has 1 aromatic carbocycles. The summed E-state index contributed by atoms with van der Waals surface area (Å²) in [4.78, 5) is 0. The van der Waals surface area contributed by atoms with E-state index >= 15 is 0 Å². The Morgan fingerprint density at radius 2 is 2.00 bits per heavy atom. The van der Waals surface area contributed by atoms with Crippen LogP contribution in [0.3, 0.4) is 0 Å². The van der Waals surface area contributed by atoms with Gasteiger partial charge < -0.3 is 9.84 Å². The number of nitrogens with one attached hydrogen (secondary N) is 1. The number of alkyl halides is 2. The Morgan fingerprint density at radius 1 is 1.35 bits per heavy atom. The molecular formula is C13H11F2N3O2. The number of H-pyrrole nitrogens is 1. The molecule has 7 heteroatoms. The molecule has 0 spiro atoms. The van der Waals surface area contributed by atoms with E-state index in [1.807, 2.05) is 0 Å². The number of hydrogen-bond acceptors (Lipinski definition) is 4. The lowest BCUT2D eigenvalue weighted by Gasteiger charge is -2.05. The van der Waals surface area contributed by atoms with Gasteiger partial charge in [-0.2, -0.15) is 5.21 Å². The zero-order valence-electron chi connectivity index (χ0n) is 10.3. The first-order chi connectivity index (χ1) is 9.47. The summed E-state index contributed by atoms with van der Waals surface area (Å²) in [6, 6.07) is 6.33. The highest BCUT2D eigenvalue weighted by Crippen LogP contribution is 2.55. The van der Waals surface area contributed by atoms with Gasteiger partial charge in [0.15, 0.2) is 5.69 Å². The number of aliphatic hydroxyl groups excluding tert-OH is 1. The lowest BCUT2D eigenvalue weighted by Crippen LogP contribution is -1.93. The maximum Gasteiger partial charge on any atom is 0.270 e. The first-order valence-corrected chi connectivity index (χ1v) is 5.92. The molecule has 2 N–H and O–H groups in total. The average molecular weight is 279 g/mol. The van der Waals surface area contributed by atoms with E-state index < -0.39 is 11.8 Å². The van der Waals surface area contributed by atoms with E-state index in [0.717, 1.165) is 0 Å². The Morgan fingerprint density at radius 3 is 2.55 bits per heavy atom. The number of benzene rings is 1. The number of halogens is 2. The van der Waals surface area contributed by atoms with Crippen LogP contribution in [0.15, 0.2) is 30.8 Å². The van der Waals surface area contributed by atoms with Crippen molar-refractivity contribution in [2.24, 2.45) is 0 Å². The number of hydrogen-bond donors (Lipinski definition) is 2. The van der Waals surface area contributed by atoms with Crippen LogP contribution < -0.4 is 4.74 Å². The van der Waals surface area contributed by atoms with Crippen LogP contribution in [0.25, 0.3) is 5.76 Å². The minimum absolute atomic E-state index is 0.0713. The van der Waals surface area contributed by atoms with E-state index in [1.165, 1.54) is 0 Å². The molecular weight excluding hydrogens is 268 g/mol. The molecule has 3 rings (SSSR count). The third kappa shape index (κ3) is 2.22. The molecule has 104 valence electrons. The summed E-state index contributed by atoms with van der Waals surface area (Å²) in [6.07, 6.45) is -0.106. The maximum absolute atomic E-state index is 12.9. The largest absolute Gasteiger partial charge is 0.506 e. The van der Waals surface area contributed by atoms with E-state index in [2.05, 4.69) is 22.0 Å². The second-order valence-corrected chi connectivity index (χ2v) is 4.61.